The van der Waals surface area contributed by atoms with Gasteiger partial charge in [0.1, 0.15) is 5.82 Å². The molecular weight excluding hydrogens is 364 g/mol. The Bertz CT molecular complexity index is 817. The smallest absolute Gasteiger partial charge is 0.227 e. The van der Waals surface area contributed by atoms with Gasteiger partial charge in [-0.05, 0) is 43.4 Å². The lowest BCUT2D eigenvalue weighted by Crippen LogP contribution is -2.41. The molecule has 6 nitrogen and oxygen atoms in total. The molecule has 1 aromatic carbocycles. The zero-order valence-electron chi connectivity index (χ0n) is 15.6. The molecule has 1 unspecified atom stereocenters. The SMILES string of the molecule is CN(CC1CCN(c2cnc3cc(Cl)ccc3n2)CC1)C(=O)C1CCOC1. The normalized spacial score (nSPS) is 21.0. The van der Waals surface area contributed by atoms with E-state index in [1.165, 1.54) is 0 Å². The highest BCUT2D eigenvalue weighted by Gasteiger charge is 2.28. The summed E-state index contributed by atoms with van der Waals surface area (Å²) in [6.45, 7) is 3.99. The van der Waals surface area contributed by atoms with Crippen molar-refractivity contribution in [2.75, 3.05) is 44.8 Å². The fourth-order valence-corrected chi connectivity index (χ4v) is 4.16. The number of rotatable bonds is 4. The number of benzene rings is 1. The van der Waals surface area contributed by atoms with E-state index in [4.69, 9.17) is 21.3 Å². The minimum absolute atomic E-state index is 0.0523. The van der Waals surface area contributed by atoms with Crippen molar-refractivity contribution in [2.45, 2.75) is 19.3 Å². The number of halogens is 1. The fraction of sp³-hybridized carbons (Fsp3) is 0.550. The summed E-state index contributed by atoms with van der Waals surface area (Å²) in [6, 6.07) is 5.59. The number of piperidine rings is 1. The largest absolute Gasteiger partial charge is 0.381 e. The molecule has 7 heteroatoms. The Morgan fingerprint density at radius 1 is 1.30 bits per heavy atom. The fourth-order valence-electron chi connectivity index (χ4n) is 3.99. The third-order valence-corrected chi connectivity index (χ3v) is 5.85. The Morgan fingerprint density at radius 3 is 2.85 bits per heavy atom. The van der Waals surface area contributed by atoms with Crippen LogP contribution < -0.4 is 4.90 Å². The lowest BCUT2D eigenvalue weighted by molar-refractivity contribution is -0.134. The van der Waals surface area contributed by atoms with Crippen LogP contribution in [0.5, 0.6) is 0 Å². The van der Waals surface area contributed by atoms with E-state index in [-0.39, 0.29) is 11.8 Å². The highest BCUT2D eigenvalue weighted by atomic mass is 35.5. The van der Waals surface area contributed by atoms with Crippen molar-refractivity contribution in [3.8, 4) is 0 Å². The number of aromatic nitrogens is 2. The maximum Gasteiger partial charge on any atom is 0.227 e. The van der Waals surface area contributed by atoms with Crippen LogP contribution in [-0.2, 0) is 9.53 Å². The average molecular weight is 389 g/mol. The Labute approximate surface area is 164 Å². The molecule has 1 atom stereocenters. The van der Waals surface area contributed by atoms with E-state index < -0.39 is 0 Å². The Morgan fingerprint density at radius 2 is 2.11 bits per heavy atom. The van der Waals surface area contributed by atoms with Crippen LogP contribution in [0.1, 0.15) is 19.3 Å². The molecule has 2 saturated heterocycles. The van der Waals surface area contributed by atoms with Gasteiger partial charge in [0, 0.05) is 38.3 Å². The van der Waals surface area contributed by atoms with Gasteiger partial charge < -0.3 is 14.5 Å². The van der Waals surface area contributed by atoms with Gasteiger partial charge in [-0.15, -0.1) is 0 Å². The first-order valence-corrected chi connectivity index (χ1v) is 9.98. The summed E-state index contributed by atoms with van der Waals surface area (Å²) in [5, 5.41) is 0.674. The molecule has 27 heavy (non-hydrogen) atoms. The summed E-state index contributed by atoms with van der Waals surface area (Å²) in [5.41, 5.74) is 1.68. The molecular formula is C20H25ClN4O2. The lowest BCUT2D eigenvalue weighted by atomic mass is 9.95. The topological polar surface area (TPSA) is 58.6 Å². The monoisotopic (exact) mass is 388 g/mol. The molecule has 0 N–H and O–H groups in total. The second kappa shape index (κ2) is 7.98. The van der Waals surface area contributed by atoms with E-state index in [1.54, 1.807) is 0 Å². The number of ether oxygens (including phenoxy) is 1. The number of carbonyl (C=O) groups is 1. The van der Waals surface area contributed by atoms with Gasteiger partial charge in [0.25, 0.3) is 0 Å². The summed E-state index contributed by atoms with van der Waals surface area (Å²) in [4.78, 5) is 25.9. The van der Waals surface area contributed by atoms with Crippen LogP contribution in [0.25, 0.3) is 11.0 Å². The maximum absolute atomic E-state index is 12.5. The van der Waals surface area contributed by atoms with Gasteiger partial charge >= 0.3 is 0 Å². The number of hydrogen-bond acceptors (Lipinski definition) is 5. The van der Waals surface area contributed by atoms with Crippen molar-refractivity contribution in [2.24, 2.45) is 11.8 Å². The first-order chi connectivity index (χ1) is 13.1. The summed E-state index contributed by atoms with van der Waals surface area (Å²) >= 11 is 6.02. The molecule has 0 aliphatic carbocycles. The summed E-state index contributed by atoms with van der Waals surface area (Å²) < 4.78 is 5.34. The molecule has 4 rings (SSSR count). The Balaban J connectivity index is 1.33. The molecule has 0 bridgehead atoms. The Hall–Kier alpha value is -1.92. The summed E-state index contributed by atoms with van der Waals surface area (Å²) in [5.74, 6) is 1.73. The lowest BCUT2D eigenvalue weighted by Gasteiger charge is -2.34. The molecule has 3 heterocycles. The van der Waals surface area contributed by atoms with E-state index in [9.17, 15) is 4.79 Å². The van der Waals surface area contributed by atoms with E-state index in [1.807, 2.05) is 36.3 Å². The van der Waals surface area contributed by atoms with Crippen LogP contribution in [0, 0.1) is 11.8 Å². The van der Waals surface area contributed by atoms with Crippen LogP contribution in [0.2, 0.25) is 5.02 Å². The van der Waals surface area contributed by atoms with Crippen molar-refractivity contribution >= 4 is 34.4 Å². The average Bonchev–Trinajstić information content (AvgIpc) is 3.22. The van der Waals surface area contributed by atoms with Crippen molar-refractivity contribution < 1.29 is 9.53 Å². The van der Waals surface area contributed by atoms with Crippen LogP contribution in [0.4, 0.5) is 5.82 Å². The zero-order valence-corrected chi connectivity index (χ0v) is 16.4. The number of hydrogen-bond donors (Lipinski definition) is 0. The van der Waals surface area contributed by atoms with Crippen LogP contribution >= 0.6 is 11.6 Å². The van der Waals surface area contributed by atoms with Crippen molar-refractivity contribution in [1.82, 2.24) is 14.9 Å². The molecule has 2 aliphatic rings. The highest BCUT2D eigenvalue weighted by Crippen LogP contribution is 2.25. The van der Waals surface area contributed by atoms with Crippen LogP contribution in [0.3, 0.4) is 0 Å². The number of nitrogens with zero attached hydrogens (tertiary/aromatic N) is 4. The van der Waals surface area contributed by atoms with Crippen LogP contribution in [0.15, 0.2) is 24.4 Å². The predicted molar refractivity (Wildman–Crippen MR) is 106 cm³/mol. The summed E-state index contributed by atoms with van der Waals surface area (Å²) in [6.07, 6.45) is 4.79. The highest BCUT2D eigenvalue weighted by molar-refractivity contribution is 6.31. The van der Waals surface area contributed by atoms with Gasteiger partial charge in [-0.1, -0.05) is 11.6 Å². The van der Waals surface area contributed by atoms with Gasteiger partial charge in [-0.3, -0.25) is 9.78 Å². The minimum atomic E-state index is 0.0523. The van der Waals surface area contributed by atoms with E-state index in [0.29, 0.717) is 24.2 Å². The minimum Gasteiger partial charge on any atom is -0.381 e. The standard InChI is InChI=1S/C20H25ClN4O2/c1-24(20(26)15-6-9-27-13-15)12-14-4-7-25(8-5-14)19-11-22-18-10-16(21)2-3-17(18)23-19/h2-3,10-11,14-15H,4-9,12-13H2,1H3. The molecule has 2 aromatic rings. The molecule has 0 spiro atoms. The number of amides is 1. The van der Waals surface area contributed by atoms with Crippen LogP contribution in [-0.4, -0.2) is 60.7 Å². The number of fused-ring (bicyclic) bond motifs is 1. The maximum atomic E-state index is 12.5. The van der Waals surface area contributed by atoms with E-state index in [2.05, 4.69) is 9.88 Å². The van der Waals surface area contributed by atoms with Gasteiger partial charge in [-0.25, -0.2) is 4.98 Å². The van der Waals surface area contributed by atoms with E-state index >= 15 is 0 Å². The molecule has 0 saturated carbocycles. The van der Waals surface area contributed by atoms with Gasteiger partial charge in [0.05, 0.1) is 29.8 Å². The van der Waals surface area contributed by atoms with Crippen molar-refractivity contribution in [3.05, 3.63) is 29.4 Å². The van der Waals surface area contributed by atoms with Gasteiger partial charge in [0.15, 0.2) is 0 Å². The third kappa shape index (κ3) is 4.17. The Kier molecular flexibility index (Phi) is 5.45. The number of carbonyl (C=O) groups excluding carboxylic acids is 1. The first kappa shape index (κ1) is 18.4. The molecule has 2 fully saturated rings. The molecule has 2 aliphatic heterocycles. The molecule has 1 aromatic heterocycles. The zero-order chi connectivity index (χ0) is 18.8. The van der Waals surface area contributed by atoms with E-state index in [0.717, 1.165) is 55.7 Å². The van der Waals surface area contributed by atoms with Crippen molar-refractivity contribution in [3.63, 3.8) is 0 Å². The van der Waals surface area contributed by atoms with Gasteiger partial charge in [0.2, 0.25) is 5.91 Å². The first-order valence-electron chi connectivity index (χ1n) is 9.60. The second-order valence-electron chi connectivity index (χ2n) is 7.57. The quantitative estimate of drug-likeness (QED) is 0.805. The molecule has 1 amide bonds. The number of anilines is 1. The molecule has 0 radical (unpaired) electrons. The summed E-state index contributed by atoms with van der Waals surface area (Å²) in [7, 11) is 1.92. The second-order valence-corrected chi connectivity index (χ2v) is 8.01. The van der Waals surface area contributed by atoms with Crippen molar-refractivity contribution in [1.29, 1.82) is 0 Å². The molecule has 144 valence electrons. The third-order valence-electron chi connectivity index (χ3n) is 5.62. The van der Waals surface area contributed by atoms with Gasteiger partial charge in [-0.2, -0.15) is 0 Å². The predicted octanol–water partition coefficient (Wildman–Crippen LogP) is 2.99.